The lowest BCUT2D eigenvalue weighted by molar-refractivity contribution is -0.343. The topological polar surface area (TPSA) is 65.0 Å². The van der Waals surface area contributed by atoms with E-state index in [1.165, 1.54) is 10.4 Å². The highest BCUT2D eigenvalue weighted by molar-refractivity contribution is 6.79. The summed E-state index contributed by atoms with van der Waals surface area (Å²) in [6.45, 7) is 27.6. The SMILES string of the molecule is CC(C)[Si](OC1(O[Si](C(C)C)(C(C)C)C(C)C)OC2(c3ccccc3[SiH2]c3ccccc32)c2cc(C(=O)O)ccc21)(C(C)C)C(C)C. The highest BCUT2D eigenvalue weighted by Gasteiger charge is 2.66. The van der Waals surface area contributed by atoms with E-state index >= 15 is 0 Å². The molecule has 1 spiro atoms. The van der Waals surface area contributed by atoms with Crippen LogP contribution in [0.25, 0.3) is 0 Å². The fraction of sp³-hybridized carbons (Fsp3) is 0.513. The molecule has 3 aromatic carbocycles. The van der Waals surface area contributed by atoms with Crippen molar-refractivity contribution < 1.29 is 23.5 Å². The summed E-state index contributed by atoms with van der Waals surface area (Å²) in [6, 6.07) is 22.7. The van der Waals surface area contributed by atoms with Crippen molar-refractivity contribution in [2.24, 2.45) is 0 Å². The zero-order valence-electron chi connectivity index (χ0n) is 30.6. The van der Waals surface area contributed by atoms with Crippen LogP contribution in [0.4, 0.5) is 0 Å². The minimum absolute atomic E-state index is 0.237. The van der Waals surface area contributed by atoms with Crippen molar-refractivity contribution in [3.8, 4) is 0 Å². The van der Waals surface area contributed by atoms with Gasteiger partial charge in [-0.3, -0.25) is 0 Å². The first kappa shape index (κ1) is 36.0. The van der Waals surface area contributed by atoms with Crippen LogP contribution in [0, 0.1) is 0 Å². The van der Waals surface area contributed by atoms with Crippen LogP contribution in [-0.2, 0) is 25.2 Å². The van der Waals surface area contributed by atoms with Crippen molar-refractivity contribution in [1.29, 1.82) is 0 Å². The van der Waals surface area contributed by atoms with Crippen LogP contribution in [0.2, 0.25) is 33.2 Å². The van der Waals surface area contributed by atoms with Gasteiger partial charge in [0.05, 0.1) is 15.1 Å². The van der Waals surface area contributed by atoms with Gasteiger partial charge < -0.3 is 18.7 Å². The lowest BCUT2D eigenvalue weighted by Gasteiger charge is -2.53. The summed E-state index contributed by atoms with van der Waals surface area (Å²) in [5.41, 5.74) is 4.60. The van der Waals surface area contributed by atoms with Gasteiger partial charge in [0.25, 0.3) is 5.97 Å². The second kappa shape index (κ2) is 12.8. The molecule has 0 bridgehead atoms. The Hall–Kier alpha value is -2.34. The number of carboxylic acids is 1. The lowest BCUT2D eigenvalue weighted by atomic mass is 9.78. The van der Waals surface area contributed by atoms with Crippen LogP contribution >= 0.6 is 0 Å². The predicted molar refractivity (Wildman–Crippen MR) is 201 cm³/mol. The molecule has 0 aromatic heterocycles. The molecule has 0 atom stereocenters. The van der Waals surface area contributed by atoms with Gasteiger partial charge in [-0.15, -0.1) is 0 Å². The number of hydrogen-bond acceptors (Lipinski definition) is 4. The molecule has 0 unspecified atom stereocenters. The molecule has 0 saturated heterocycles. The van der Waals surface area contributed by atoms with Crippen molar-refractivity contribution in [2.75, 3.05) is 0 Å². The Bertz CT molecular complexity index is 1500. The Balaban J connectivity index is 1.97. The van der Waals surface area contributed by atoms with E-state index in [-0.39, 0.29) is 38.8 Å². The zero-order valence-corrected chi connectivity index (χ0v) is 34.0. The minimum Gasteiger partial charge on any atom is -0.478 e. The fourth-order valence-corrected chi connectivity index (χ4v) is 22.5. The van der Waals surface area contributed by atoms with Gasteiger partial charge in [0, 0.05) is 11.1 Å². The third kappa shape index (κ3) is 5.38. The first-order chi connectivity index (χ1) is 22.0. The number of fused-ring (bicyclic) bond motifs is 6. The summed E-state index contributed by atoms with van der Waals surface area (Å²) in [5, 5.41) is 13.0. The zero-order chi connectivity index (χ0) is 34.7. The molecule has 3 aromatic rings. The van der Waals surface area contributed by atoms with E-state index in [0.29, 0.717) is 0 Å². The summed E-state index contributed by atoms with van der Waals surface area (Å²) in [4.78, 5) is 12.6. The first-order valence-electron chi connectivity index (χ1n) is 17.7. The summed E-state index contributed by atoms with van der Waals surface area (Å²) in [5.74, 6) is -2.48. The van der Waals surface area contributed by atoms with Gasteiger partial charge in [0.1, 0.15) is 5.60 Å². The third-order valence-electron chi connectivity index (χ3n) is 11.5. The summed E-state index contributed by atoms with van der Waals surface area (Å²) < 4.78 is 23.8. The lowest BCUT2D eigenvalue weighted by Crippen LogP contribution is -2.61. The molecule has 0 saturated carbocycles. The first-order valence-corrected chi connectivity index (χ1v) is 23.4. The Morgan fingerprint density at radius 3 is 1.40 bits per heavy atom. The van der Waals surface area contributed by atoms with Crippen molar-refractivity contribution in [3.05, 3.63) is 94.5 Å². The maximum Gasteiger partial charge on any atom is 0.335 e. The van der Waals surface area contributed by atoms with Gasteiger partial charge >= 0.3 is 5.97 Å². The summed E-state index contributed by atoms with van der Waals surface area (Å²) in [7, 11) is -6.16. The minimum atomic E-state index is -2.67. The van der Waals surface area contributed by atoms with Crippen LogP contribution in [0.5, 0.6) is 0 Å². The smallest absolute Gasteiger partial charge is 0.335 e. The van der Waals surface area contributed by atoms with Crippen molar-refractivity contribution in [3.63, 3.8) is 0 Å². The normalized spacial score (nSPS) is 19.4. The number of carboxylic acid groups (broad SMARTS) is 1. The summed E-state index contributed by atoms with van der Waals surface area (Å²) in [6.07, 6.45) is 0. The van der Waals surface area contributed by atoms with Gasteiger partial charge in [-0.25, -0.2) is 4.79 Å². The number of hydrogen-bond donors (Lipinski definition) is 1. The molecule has 0 aliphatic carbocycles. The van der Waals surface area contributed by atoms with Crippen LogP contribution in [0.3, 0.4) is 0 Å². The van der Waals surface area contributed by atoms with Crippen molar-refractivity contribution in [2.45, 2.75) is 128 Å². The van der Waals surface area contributed by atoms with E-state index in [4.69, 9.17) is 13.6 Å². The number of benzene rings is 3. The molecule has 0 radical (unpaired) electrons. The molecule has 2 aliphatic rings. The molecular weight excluding hydrogens is 633 g/mol. The second-order valence-electron chi connectivity index (χ2n) is 15.7. The highest BCUT2D eigenvalue weighted by Crippen LogP contribution is 2.61. The van der Waals surface area contributed by atoms with Crippen LogP contribution in [0.1, 0.15) is 116 Å². The van der Waals surface area contributed by atoms with Gasteiger partial charge in [-0.05, 0) is 62.6 Å². The standard InChI is InChI=1S/C39H56O5Si3/c1-24(2)46(25(3)4,26(5)6)43-39(44-47(27(7)8,28(9)10)29(11)12)31-22-21-30(37(40)41)23-34(31)38(42-39)32-17-13-15-19-35(32)45-36-20-16-14-18-33(36)38/h13-29H,45H2,1-12H3,(H,40,41). The van der Waals surface area contributed by atoms with Crippen molar-refractivity contribution >= 4 is 42.5 Å². The Kier molecular flexibility index (Phi) is 9.82. The molecule has 2 heterocycles. The van der Waals surface area contributed by atoms with Crippen LogP contribution in [-0.4, -0.2) is 37.2 Å². The maximum atomic E-state index is 12.6. The second-order valence-corrected chi connectivity index (χ2v) is 28.4. The molecule has 0 fully saturated rings. The molecule has 254 valence electrons. The van der Waals surface area contributed by atoms with E-state index in [9.17, 15) is 9.90 Å². The van der Waals surface area contributed by atoms with Gasteiger partial charge in [-0.1, -0.05) is 142 Å². The highest BCUT2D eigenvalue weighted by atomic mass is 28.4. The molecule has 8 heteroatoms. The van der Waals surface area contributed by atoms with Crippen LogP contribution < -0.4 is 10.4 Å². The molecule has 5 rings (SSSR count). The Morgan fingerprint density at radius 1 is 0.617 bits per heavy atom. The molecule has 0 amide bonds. The Labute approximate surface area is 287 Å². The molecule has 47 heavy (non-hydrogen) atoms. The van der Waals surface area contributed by atoms with E-state index in [1.54, 1.807) is 6.07 Å². The third-order valence-corrected chi connectivity index (χ3v) is 25.5. The number of carbonyl (C=O) groups is 1. The summed E-state index contributed by atoms with van der Waals surface area (Å²) >= 11 is 0. The fourth-order valence-electron chi connectivity index (χ4n) is 9.68. The van der Waals surface area contributed by atoms with Gasteiger partial charge in [0.2, 0.25) is 16.6 Å². The molecule has 1 N–H and O–H groups in total. The van der Waals surface area contributed by atoms with Crippen molar-refractivity contribution in [1.82, 2.24) is 0 Å². The van der Waals surface area contributed by atoms with Gasteiger partial charge in [-0.2, -0.15) is 0 Å². The average molecular weight is 689 g/mol. The molecule has 5 nitrogen and oxygen atoms in total. The monoisotopic (exact) mass is 688 g/mol. The number of aromatic carboxylic acids is 1. The van der Waals surface area contributed by atoms with E-state index in [0.717, 1.165) is 22.3 Å². The van der Waals surface area contributed by atoms with Gasteiger partial charge in [0.15, 0.2) is 0 Å². The average Bonchev–Trinajstić information content (AvgIpc) is 3.27. The van der Waals surface area contributed by atoms with E-state index in [2.05, 4.69) is 132 Å². The largest absolute Gasteiger partial charge is 0.478 e. The maximum absolute atomic E-state index is 12.6. The number of ether oxygens (including phenoxy) is 1. The molecular formula is C39H56O5Si3. The molecule has 2 aliphatic heterocycles. The van der Waals surface area contributed by atoms with E-state index in [1.807, 2.05) is 12.1 Å². The quantitative estimate of drug-likeness (QED) is 0.161. The Morgan fingerprint density at radius 2 is 1.02 bits per heavy atom. The number of rotatable bonds is 11. The predicted octanol–water partition coefficient (Wildman–Crippen LogP) is 8.63. The van der Waals surface area contributed by atoms with Crippen LogP contribution in [0.15, 0.2) is 66.7 Å². The van der Waals surface area contributed by atoms with E-state index < -0.39 is 43.7 Å².